The number of benzene rings is 1. The minimum Gasteiger partial charge on any atom is -0.477 e. The molecule has 2 heterocycles. The number of likely N-dealkylation sites (N-methyl/N-ethyl adjacent to an activating group) is 1. The second kappa shape index (κ2) is 9.36. The van der Waals surface area contributed by atoms with Gasteiger partial charge in [0.15, 0.2) is 0 Å². The summed E-state index contributed by atoms with van der Waals surface area (Å²) in [7, 11) is 0. The number of thiophene rings is 1. The fourth-order valence-electron chi connectivity index (χ4n) is 3.53. The van der Waals surface area contributed by atoms with Crippen molar-refractivity contribution in [1.29, 1.82) is 0 Å². The van der Waals surface area contributed by atoms with E-state index in [4.69, 9.17) is 0 Å². The molecule has 0 amide bonds. The van der Waals surface area contributed by atoms with E-state index in [1.807, 2.05) is 13.8 Å². The summed E-state index contributed by atoms with van der Waals surface area (Å²) in [5.74, 6) is -0.566. The van der Waals surface area contributed by atoms with Crippen molar-refractivity contribution in [2.24, 2.45) is 0 Å². The van der Waals surface area contributed by atoms with E-state index in [1.165, 1.54) is 12.1 Å². The molecule has 0 fully saturated rings. The van der Waals surface area contributed by atoms with E-state index in [2.05, 4.69) is 9.88 Å². The Balaban J connectivity index is 2.10. The fourth-order valence-corrected chi connectivity index (χ4v) is 4.56. The van der Waals surface area contributed by atoms with Gasteiger partial charge in [-0.3, -0.25) is 19.5 Å². The maximum absolute atomic E-state index is 13.4. The van der Waals surface area contributed by atoms with Crippen LogP contribution in [0.4, 0.5) is 5.69 Å². The zero-order valence-electron chi connectivity index (χ0n) is 17.6. The van der Waals surface area contributed by atoms with Crippen molar-refractivity contribution >= 4 is 33.2 Å². The van der Waals surface area contributed by atoms with E-state index in [-0.39, 0.29) is 16.1 Å². The zero-order valence-corrected chi connectivity index (χ0v) is 18.4. The largest absolute Gasteiger partial charge is 0.477 e. The Hall–Kier alpha value is -3.11. The van der Waals surface area contributed by atoms with Crippen LogP contribution in [-0.4, -0.2) is 50.1 Å². The van der Waals surface area contributed by atoms with Crippen LogP contribution < -0.4 is 5.56 Å². The predicted molar refractivity (Wildman–Crippen MR) is 119 cm³/mol. The molecule has 164 valence electrons. The van der Waals surface area contributed by atoms with Gasteiger partial charge in [0.25, 0.3) is 11.2 Å². The molecule has 2 aromatic heterocycles. The molecule has 1 N–H and O–H groups in total. The number of aromatic carboxylic acids is 1. The Morgan fingerprint density at radius 2 is 1.90 bits per heavy atom. The summed E-state index contributed by atoms with van der Waals surface area (Å²) in [6, 6.07) is 6.13. The molecule has 3 aromatic rings. The van der Waals surface area contributed by atoms with Gasteiger partial charge in [-0.2, -0.15) is 0 Å². The molecule has 0 saturated heterocycles. The number of hydrogen-bond acceptors (Lipinski definition) is 7. The Morgan fingerprint density at radius 1 is 1.26 bits per heavy atom. The third-order valence-electron chi connectivity index (χ3n) is 5.37. The summed E-state index contributed by atoms with van der Waals surface area (Å²) in [5, 5.41) is 20.7. The first-order chi connectivity index (χ1) is 14.8. The Kier molecular flexibility index (Phi) is 6.81. The van der Waals surface area contributed by atoms with E-state index in [9.17, 15) is 24.8 Å². The molecule has 1 aromatic carbocycles. The quantitative estimate of drug-likeness (QED) is 0.397. The molecular formula is C21H24N4O5S. The monoisotopic (exact) mass is 444 g/mol. The summed E-state index contributed by atoms with van der Waals surface area (Å²) in [5.41, 5.74) is 0.949. The molecule has 0 aliphatic rings. The molecule has 9 nitrogen and oxygen atoms in total. The van der Waals surface area contributed by atoms with E-state index < -0.39 is 10.9 Å². The van der Waals surface area contributed by atoms with Gasteiger partial charge in [-0.05, 0) is 31.1 Å². The Morgan fingerprint density at radius 3 is 2.45 bits per heavy atom. The second-order valence-electron chi connectivity index (χ2n) is 7.15. The van der Waals surface area contributed by atoms with Crippen LogP contribution in [0.25, 0.3) is 10.2 Å². The maximum atomic E-state index is 13.4. The van der Waals surface area contributed by atoms with Crippen molar-refractivity contribution in [2.75, 3.05) is 19.6 Å². The van der Waals surface area contributed by atoms with Crippen LogP contribution in [0.2, 0.25) is 0 Å². The summed E-state index contributed by atoms with van der Waals surface area (Å²) in [6.45, 7) is 8.50. The van der Waals surface area contributed by atoms with Gasteiger partial charge in [-0.1, -0.05) is 26.0 Å². The SMILES string of the molecule is CCN(CC)CCn1c(Cc2ccc([N+](=O)[O-])cc2)nc2sc(C(=O)O)c(C)c2c1=O. The molecule has 3 rings (SSSR count). The molecule has 0 aliphatic carbocycles. The van der Waals surface area contributed by atoms with Crippen molar-refractivity contribution in [3.63, 3.8) is 0 Å². The molecule has 0 radical (unpaired) electrons. The standard InChI is InChI=1S/C21H24N4O5S/c1-4-23(5-2)10-11-24-16(12-14-6-8-15(9-7-14)25(29)30)22-19-17(20(24)26)13(3)18(31-19)21(27)28/h6-9H,4-5,10-12H2,1-3H3,(H,27,28). The molecule has 31 heavy (non-hydrogen) atoms. The van der Waals surface area contributed by atoms with Crippen molar-refractivity contribution in [3.8, 4) is 0 Å². The summed E-state index contributed by atoms with van der Waals surface area (Å²) >= 11 is 0.996. The van der Waals surface area contributed by atoms with Gasteiger partial charge in [0.05, 0.1) is 10.3 Å². The molecular weight excluding hydrogens is 420 g/mol. The highest BCUT2D eigenvalue weighted by molar-refractivity contribution is 7.20. The first-order valence-corrected chi connectivity index (χ1v) is 10.8. The molecule has 0 atom stereocenters. The molecule has 0 bridgehead atoms. The number of carbonyl (C=O) groups is 1. The van der Waals surface area contributed by atoms with Gasteiger partial charge in [0, 0.05) is 31.6 Å². The average Bonchev–Trinajstić information content (AvgIpc) is 3.07. The minimum atomic E-state index is -1.08. The van der Waals surface area contributed by atoms with Gasteiger partial charge >= 0.3 is 5.97 Å². The van der Waals surface area contributed by atoms with Gasteiger partial charge in [0.1, 0.15) is 15.5 Å². The lowest BCUT2D eigenvalue weighted by Gasteiger charge is -2.20. The third-order valence-corrected chi connectivity index (χ3v) is 6.54. The Labute approximate surface area is 182 Å². The van der Waals surface area contributed by atoms with E-state index in [1.54, 1.807) is 23.6 Å². The summed E-state index contributed by atoms with van der Waals surface area (Å²) < 4.78 is 1.60. The molecule has 0 saturated carbocycles. The number of nitrogens with zero attached hydrogens (tertiary/aromatic N) is 4. The van der Waals surface area contributed by atoms with Gasteiger partial charge in [-0.25, -0.2) is 9.78 Å². The lowest BCUT2D eigenvalue weighted by atomic mass is 10.1. The zero-order chi connectivity index (χ0) is 22.7. The van der Waals surface area contributed by atoms with Crippen molar-refractivity contribution in [2.45, 2.75) is 33.7 Å². The molecule has 10 heteroatoms. The first-order valence-electron chi connectivity index (χ1n) is 9.98. The number of carboxylic acid groups (broad SMARTS) is 1. The number of nitro groups is 1. The van der Waals surface area contributed by atoms with Crippen LogP contribution in [0.1, 0.15) is 40.5 Å². The fraction of sp³-hybridized carbons (Fsp3) is 0.381. The maximum Gasteiger partial charge on any atom is 0.346 e. The van der Waals surface area contributed by atoms with Crippen LogP contribution in [0.3, 0.4) is 0 Å². The number of carboxylic acids is 1. The van der Waals surface area contributed by atoms with Gasteiger partial charge < -0.3 is 10.0 Å². The highest BCUT2D eigenvalue weighted by atomic mass is 32.1. The number of fused-ring (bicyclic) bond motifs is 1. The molecule has 0 aliphatic heterocycles. The Bertz CT molecular complexity index is 1180. The molecule has 0 unspecified atom stereocenters. The predicted octanol–water partition coefficient (Wildman–Crippen LogP) is 3.31. The number of rotatable bonds is 9. The molecule has 0 spiro atoms. The number of aromatic nitrogens is 2. The third kappa shape index (κ3) is 4.64. The van der Waals surface area contributed by atoms with Crippen LogP contribution in [-0.2, 0) is 13.0 Å². The van der Waals surface area contributed by atoms with Crippen molar-refractivity contribution in [1.82, 2.24) is 14.5 Å². The lowest BCUT2D eigenvalue weighted by Crippen LogP contribution is -2.33. The lowest BCUT2D eigenvalue weighted by molar-refractivity contribution is -0.384. The normalized spacial score (nSPS) is 11.4. The number of hydrogen-bond donors (Lipinski definition) is 1. The van der Waals surface area contributed by atoms with Crippen LogP contribution in [0, 0.1) is 17.0 Å². The second-order valence-corrected chi connectivity index (χ2v) is 8.15. The smallest absolute Gasteiger partial charge is 0.346 e. The topological polar surface area (TPSA) is 119 Å². The highest BCUT2D eigenvalue weighted by Crippen LogP contribution is 2.28. The van der Waals surface area contributed by atoms with Crippen LogP contribution in [0.5, 0.6) is 0 Å². The number of aryl methyl sites for hydroxylation is 1. The first kappa shape index (κ1) is 22.6. The average molecular weight is 445 g/mol. The number of nitro benzene ring substituents is 1. The van der Waals surface area contributed by atoms with E-state index >= 15 is 0 Å². The van der Waals surface area contributed by atoms with Crippen molar-refractivity contribution < 1.29 is 14.8 Å². The van der Waals surface area contributed by atoms with Crippen LogP contribution in [0.15, 0.2) is 29.1 Å². The van der Waals surface area contributed by atoms with Crippen LogP contribution >= 0.6 is 11.3 Å². The highest BCUT2D eigenvalue weighted by Gasteiger charge is 2.21. The van der Waals surface area contributed by atoms with Gasteiger partial charge in [0.2, 0.25) is 0 Å². The number of non-ortho nitro benzene ring substituents is 1. The van der Waals surface area contributed by atoms with E-state index in [0.717, 1.165) is 30.0 Å². The minimum absolute atomic E-state index is 0.00827. The van der Waals surface area contributed by atoms with E-state index in [0.29, 0.717) is 41.1 Å². The van der Waals surface area contributed by atoms with Gasteiger partial charge in [-0.15, -0.1) is 11.3 Å². The summed E-state index contributed by atoms with van der Waals surface area (Å²) in [4.78, 5) is 42.7. The van der Waals surface area contributed by atoms with Crippen molar-refractivity contribution in [3.05, 3.63) is 66.6 Å². The summed E-state index contributed by atoms with van der Waals surface area (Å²) in [6.07, 6.45) is 0.306.